The van der Waals surface area contributed by atoms with Crippen molar-refractivity contribution in [2.75, 3.05) is 6.54 Å². The standard InChI is InChI=1S/C21H30N4O2/c1-14(2)16-7-9-17(10-8-16)21-23-19(27-24-21)11-12-20(26)25-13-5-4-6-18(25)15(3)22/h7-10,14-15,18H,4-6,11-13,22H2,1-3H3. The zero-order valence-corrected chi connectivity index (χ0v) is 16.5. The molecule has 2 unspecified atom stereocenters. The van der Waals surface area contributed by atoms with Gasteiger partial charge in [-0.05, 0) is 37.7 Å². The van der Waals surface area contributed by atoms with Crippen molar-refractivity contribution in [1.82, 2.24) is 15.0 Å². The van der Waals surface area contributed by atoms with Gasteiger partial charge < -0.3 is 15.2 Å². The topological polar surface area (TPSA) is 85.2 Å². The Morgan fingerprint density at radius 2 is 2.00 bits per heavy atom. The summed E-state index contributed by atoms with van der Waals surface area (Å²) in [5.41, 5.74) is 8.27. The van der Waals surface area contributed by atoms with Gasteiger partial charge in [-0.25, -0.2) is 0 Å². The molecule has 2 heterocycles. The van der Waals surface area contributed by atoms with Gasteiger partial charge in [0.25, 0.3) is 0 Å². The maximum Gasteiger partial charge on any atom is 0.227 e. The van der Waals surface area contributed by atoms with Gasteiger partial charge in [0.05, 0.1) is 0 Å². The lowest BCUT2D eigenvalue weighted by atomic mass is 9.96. The number of piperidine rings is 1. The third-order valence-corrected chi connectivity index (χ3v) is 5.33. The maximum absolute atomic E-state index is 12.6. The number of aryl methyl sites for hydroxylation is 1. The van der Waals surface area contributed by atoms with Crippen LogP contribution in [0.1, 0.15) is 63.8 Å². The zero-order chi connectivity index (χ0) is 19.4. The van der Waals surface area contributed by atoms with E-state index in [4.69, 9.17) is 10.3 Å². The van der Waals surface area contributed by atoms with Gasteiger partial charge >= 0.3 is 0 Å². The zero-order valence-electron chi connectivity index (χ0n) is 16.5. The van der Waals surface area contributed by atoms with Crippen molar-refractivity contribution in [2.45, 2.75) is 70.9 Å². The molecule has 0 saturated carbocycles. The molecule has 1 fully saturated rings. The summed E-state index contributed by atoms with van der Waals surface area (Å²) in [5.74, 6) is 1.68. The van der Waals surface area contributed by atoms with Gasteiger partial charge in [-0.15, -0.1) is 0 Å². The second-order valence-electron chi connectivity index (χ2n) is 7.80. The van der Waals surface area contributed by atoms with Crippen molar-refractivity contribution >= 4 is 5.91 Å². The average molecular weight is 370 g/mol. The first-order valence-electron chi connectivity index (χ1n) is 9.93. The molecule has 6 heteroatoms. The Morgan fingerprint density at radius 1 is 1.26 bits per heavy atom. The van der Waals surface area contributed by atoms with E-state index in [1.54, 1.807) is 0 Å². The van der Waals surface area contributed by atoms with Crippen molar-refractivity contribution < 1.29 is 9.32 Å². The number of rotatable bonds is 6. The highest BCUT2D eigenvalue weighted by molar-refractivity contribution is 5.77. The molecule has 27 heavy (non-hydrogen) atoms. The summed E-state index contributed by atoms with van der Waals surface area (Å²) in [6, 6.07) is 8.34. The first-order chi connectivity index (χ1) is 13.0. The van der Waals surface area contributed by atoms with Crippen LogP contribution < -0.4 is 5.73 Å². The van der Waals surface area contributed by atoms with Crippen LogP contribution in [0.4, 0.5) is 0 Å². The minimum atomic E-state index is -0.00179. The summed E-state index contributed by atoms with van der Waals surface area (Å²) in [6.07, 6.45) is 4.00. The number of carbonyl (C=O) groups excluding carboxylic acids is 1. The minimum Gasteiger partial charge on any atom is -0.339 e. The molecular weight excluding hydrogens is 340 g/mol. The molecule has 0 radical (unpaired) electrons. The Labute approximate surface area is 161 Å². The van der Waals surface area contributed by atoms with Gasteiger partial charge in [0.15, 0.2) is 0 Å². The highest BCUT2D eigenvalue weighted by atomic mass is 16.5. The van der Waals surface area contributed by atoms with Crippen molar-refractivity contribution in [3.8, 4) is 11.4 Å². The fourth-order valence-corrected chi connectivity index (χ4v) is 3.66. The smallest absolute Gasteiger partial charge is 0.227 e. The van der Waals surface area contributed by atoms with Crippen LogP contribution in [0.3, 0.4) is 0 Å². The van der Waals surface area contributed by atoms with E-state index in [0.717, 1.165) is 31.4 Å². The second kappa shape index (κ2) is 8.65. The van der Waals surface area contributed by atoms with Gasteiger partial charge in [0.1, 0.15) is 0 Å². The van der Waals surface area contributed by atoms with E-state index in [0.29, 0.717) is 30.5 Å². The first-order valence-corrected chi connectivity index (χ1v) is 9.93. The SMILES string of the molecule is CC(C)c1ccc(-c2noc(CCC(=O)N3CCCCC3C(C)N)n2)cc1. The van der Waals surface area contributed by atoms with Crippen LogP contribution in [-0.2, 0) is 11.2 Å². The fourth-order valence-electron chi connectivity index (χ4n) is 3.66. The van der Waals surface area contributed by atoms with Crippen molar-refractivity contribution in [1.29, 1.82) is 0 Å². The van der Waals surface area contributed by atoms with E-state index >= 15 is 0 Å². The monoisotopic (exact) mass is 370 g/mol. The van der Waals surface area contributed by atoms with E-state index in [1.165, 1.54) is 5.56 Å². The lowest BCUT2D eigenvalue weighted by Crippen LogP contribution is -2.51. The molecule has 1 saturated heterocycles. The molecule has 2 aromatic rings. The molecule has 0 bridgehead atoms. The number of benzene rings is 1. The van der Waals surface area contributed by atoms with E-state index in [2.05, 4.69) is 36.1 Å². The van der Waals surface area contributed by atoms with Crippen LogP contribution in [0.2, 0.25) is 0 Å². The molecule has 1 aliphatic rings. The predicted molar refractivity (Wildman–Crippen MR) is 105 cm³/mol. The fraction of sp³-hybridized carbons (Fsp3) is 0.571. The van der Waals surface area contributed by atoms with Crippen LogP contribution >= 0.6 is 0 Å². The molecule has 1 aromatic carbocycles. The minimum absolute atomic E-state index is 0.00179. The Morgan fingerprint density at radius 3 is 2.67 bits per heavy atom. The predicted octanol–water partition coefficient (Wildman–Crippen LogP) is 3.52. The normalized spacial score (nSPS) is 18.7. The molecule has 0 spiro atoms. The molecule has 146 valence electrons. The van der Waals surface area contributed by atoms with E-state index < -0.39 is 0 Å². The van der Waals surface area contributed by atoms with E-state index in [1.807, 2.05) is 24.0 Å². The van der Waals surface area contributed by atoms with Gasteiger partial charge in [-0.1, -0.05) is 43.3 Å². The molecule has 1 amide bonds. The average Bonchev–Trinajstić information content (AvgIpc) is 3.15. The van der Waals surface area contributed by atoms with Crippen molar-refractivity contribution in [3.05, 3.63) is 35.7 Å². The summed E-state index contributed by atoms with van der Waals surface area (Å²) in [7, 11) is 0. The lowest BCUT2D eigenvalue weighted by Gasteiger charge is -2.38. The number of aromatic nitrogens is 2. The molecular formula is C21H30N4O2. The highest BCUT2D eigenvalue weighted by Gasteiger charge is 2.29. The van der Waals surface area contributed by atoms with Crippen molar-refractivity contribution in [3.63, 3.8) is 0 Å². The Balaban J connectivity index is 1.60. The van der Waals surface area contributed by atoms with Crippen LogP contribution in [0.15, 0.2) is 28.8 Å². The Bertz CT molecular complexity index is 752. The third kappa shape index (κ3) is 4.75. The van der Waals surface area contributed by atoms with Gasteiger partial charge in [-0.3, -0.25) is 4.79 Å². The van der Waals surface area contributed by atoms with E-state index in [9.17, 15) is 4.79 Å². The van der Waals surface area contributed by atoms with Crippen molar-refractivity contribution in [2.24, 2.45) is 5.73 Å². The molecule has 0 aliphatic carbocycles. The van der Waals surface area contributed by atoms with Crippen LogP contribution in [0.5, 0.6) is 0 Å². The van der Waals surface area contributed by atoms with E-state index in [-0.39, 0.29) is 18.0 Å². The number of nitrogens with zero attached hydrogens (tertiary/aromatic N) is 3. The first kappa shape index (κ1) is 19.5. The number of hydrogen-bond donors (Lipinski definition) is 1. The highest BCUT2D eigenvalue weighted by Crippen LogP contribution is 2.22. The quantitative estimate of drug-likeness (QED) is 0.841. The van der Waals surface area contributed by atoms with Crippen LogP contribution in [-0.4, -0.2) is 39.6 Å². The lowest BCUT2D eigenvalue weighted by molar-refractivity contribution is -0.135. The van der Waals surface area contributed by atoms with Gasteiger partial charge in [0, 0.05) is 37.0 Å². The number of amides is 1. The molecule has 2 atom stereocenters. The number of nitrogens with two attached hydrogens (primary N) is 1. The summed E-state index contributed by atoms with van der Waals surface area (Å²) >= 11 is 0. The summed E-state index contributed by atoms with van der Waals surface area (Å²) in [4.78, 5) is 19.0. The summed E-state index contributed by atoms with van der Waals surface area (Å²) in [5, 5.41) is 4.06. The molecule has 2 N–H and O–H groups in total. The molecule has 1 aliphatic heterocycles. The maximum atomic E-state index is 12.6. The third-order valence-electron chi connectivity index (χ3n) is 5.33. The van der Waals surface area contributed by atoms with Crippen LogP contribution in [0, 0.1) is 0 Å². The summed E-state index contributed by atoms with van der Waals surface area (Å²) in [6.45, 7) is 7.10. The van der Waals surface area contributed by atoms with Gasteiger partial charge in [-0.2, -0.15) is 4.98 Å². The molecule has 1 aromatic heterocycles. The summed E-state index contributed by atoms with van der Waals surface area (Å²) < 4.78 is 5.35. The number of likely N-dealkylation sites (tertiary alicyclic amines) is 1. The van der Waals surface area contributed by atoms with Crippen LogP contribution in [0.25, 0.3) is 11.4 Å². The Kier molecular flexibility index (Phi) is 6.26. The molecule has 3 rings (SSSR count). The largest absolute Gasteiger partial charge is 0.339 e. The number of hydrogen-bond acceptors (Lipinski definition) is 5. The second-order valence-corrected chi connectivity index (χ2v) is 7.80. The Hall–Kier alpha value is -2.21. The van der Waals surface area contributed by atoms with Gasteiger partial charge in [0.2, 0.25) is 17.6 Å². The number of carbonyl (C=O) groups is 1. The molecule has 6 nitrogen and oxygen atoms in total.